The van der Waals surface area contributed by atoms with Gasteiger partial charge in [-0.05, 0) is 30.5 Å². The molecule has 0 amide bonds. The number of rotatable bonds is 8. The summed E-state index contributed by atoms with van der Waals surface area (Å²) in [6.07, 6.45) is 0.542. The Hall–Kier alpha value is 0.0700. The van der Waals surface area contributed by atoms with E-state index in [-0.39, 0.29) is 36.0 Å². The van der Waals surface area contributed by atoms with Gasteiger partial charge in [-0.3, -0.25) is 0 Å². The molecular weight excluding hydrogens is 296 g/mol. The fourth-order valence-electron chi connectivity index (χ4n) is 1.69. The Balaban J connectivity index is 0.00000324. The maximum absolute atomic E-state index is 10.4. The van der Waals surface area contributed by atoms with Crippen molar-refractivity contribution in [3.05, 3.63) is 29.8 Å². The van der Waals surface area contributed by atoms with E-state index in [1.807, 2.05) is 24.3 Å². The van der Waals surface area contributed by atoms with Crippen molar-refractivity contribution in [3.8, 4) is 0 Å². The Kier molecular flexibility index (Phi) is 10.8. The first kappa shape index (κ1) is 19.1. The number of carboxylic acids is 1. The van der Waals surface area contributed by atoms with E-state index < -0.39 is 5.97 Å². The molecule has 100 valence electrons. The minimum atomic E-state index is -1.02. The van der Waals surface area contributed by atoms with Crippen molar-refractivity contribution in [1.82, 2.24) is 0 Å². The molecule has 0 unspecified atom stereocenters. The van der Waals surface area contributed by atoms with Crippen LogP contribution in [0.1, 0.15) is 12.0 Å². The second-order valence-electron chi connectivity index (χ2n) is 3.90. The fourth-order valence-corrected chi connectivity index (χ4v) is 2.10. The Labute approximate surface area is 146 Å². The second-order valence-corrected chi connectivity index (χ2v) is 4.66. The van der Waals surface area contributed by atoms with Gasteiger partial charge in [-0.15, -0.1) is 23.2 Å². The molecule has 0 spiro atoms. The zero-order chi connectivity index (χ0) is 13.4. The topological polar surface area (TPSA) is 43.4 Å². The van der Waals surface area contributed by atoms with E-state index in [9.17, 15) is 9.90 Å². The number of hydrogen-bond donors (Lipinski definition) is 0. The van der Waals surface area contributed by atoms with Crippen LogP contribution in [0.15, 0.2) is 24.3 Å². The van der Waals surface area contributed by atoms with Crippen LogP contribution in [0.4, 0.5) is 5.69 Å². The van der Waals surface area contributed by atoms with Crippen LogP contribution < -0.4 is 39.6 Å². The molecule has 0 aliphatic rings. The summed E-state index contributed by atoms with van der Waals surface area (Å²) in [5, 5.41) is 10.4. The minimum absolute atomic E-state index is 0. The van der Waals surface area contributed by atoms with Crippen molar-refractivity contribution < 1.29 is 39.5 Å². The smallest absolute Gasteiger partial charge is 0.550 e. The van der Waals surface area contributed by atoms with Crippen molar-refractivity contribution in [3.63, 3.8) is 0 Å². The predicted molar refractivity (Wildman–Crippen MR) is 73.4 cm³/mol. The van der Waals surface area contributed by atoms with Gasteiger partial charge in [0.1, 0.15) is 0 Å². The number of benzene rings is 1. The Morgan fingerprint density at radius 1 is 1.11 bits per heavy atom. The molecule has 0 fully saturated rings. The molecule has 1 rings (SSSR count). The molecule has 0 aromatic heterocycles. The van der Waals surface area contributed by atoms with Gasteiger partial charge < -0.3 is 14.8 Å². The van der Waals surface area contributed by atoms with Gasteiger partial charge >= 0.3 is 29.6 Å². The first-order chi connectivity index (χ1) is 8.67. The average Bonchev–Trinajstić information content (AvgIpc) is 2.37. The van der Waals surface area contributed by atoms with E-state index in [0.717, 1.165) is 24.3 Å². The van der Waals surface area contributed by atoms with Gasteiger partial charge in [0.05, 0.1) is 0 Å². The molecule has 6 heteroatoms. The number of alkyl halides is 2. The first-order valence-electron chi connectivity index (χ1n) is 5.83. The summed E-state index contributed by atoms with van der Waals surface area (Å²) in [6, 6.07) is 7.77. The number of carbonyl (C=O) groups is 1. The number of aliphatic carboxylic acids is 1. The van der Waals surface area contributed by atoms with E-state index in [0.29, 0.717) is 18.2 Å². The molecular formula is C13H16Cl2NNaO2. The molecule has 0 N–H and O–H groups in total. The van der Waals surface area contributed by atoms with Crippen molar-refractivity contribution in [1.29, 1.82) is 0 Å². The Bertz CT molecular complexity index is 367. The predicted octanol–water partition coefficient (Wildman–Crippen LogP) is -1.34. The molecule has 0 saturated carbocycles. The van der Waals surface area contributed by atoms with Gasteiger partial charge in [-0.1, -0.05) is 12.1 Å². The zero-order valence-corrected chi connectivity index (χ0v) is 14.6. The first-order valence-corrected chi connectivity index (χ1v) is 6.90. The third-order valence-electron chi connectivity index (χ3n) is 2.63. The molecule has 1 aromatic rings. The molecule has 0 heterocycles. The van der Waals surface area contributed by atoms with E-state index >= 15 is 0 Å². The van der Waals surface area contributed by atoms with Gasteiger partial charge in [0, 0.05) is 36.5 Å². The summed E-state index contributed by atoms with van der Waals surface area (Å²) >= 11 is 11.5. The van der Waals surface area contributed by atoms with Crippen LogP contribution in [-0.4, -0.2) is 30.8 Å². The number of carboxylic acid groups (broad SMARTS) is 1. The van der Waals surface area contributed by atoms with Crippen molar-refractivity contribution in [2.75, 3.05) is 29.7 Å². The molecule has 0 aliphatic carbocycles. The Morgan fingerprint density at radius 3 is 2.05 bits per heavy atom. The molecule has 19 heavy (non-hydrogen) atoms. The summed E-state index contributed by atoms with van der Waals surface area (Å²) in [5.74, 6) is 0.0668. The third kappa shape index (κ3) is 7.42. The standard InChI is InChI=1S/C13H17Cl2NO2.Na/c14-7-9-16(10-8-15)12-4-1-11(2-5-12)3-6-13(17)18;/h1-2,4-5H,3,6-10H2,(H,17,18);/q;+1/p-1. The molecule has 0 aliphatic heterocycles. The summed E-state index contributed by atoms with van der Waals surface area (Å²) in [6.45, 7) is 1.49. The largest absolute Gasteiger partial charge is 1.00 e. The van der Waals surface area contributed by atoms with Crippen molar-refractivity contribution >= 4 is 34.9 Å². The van der Waals surface area contributed by atoms with E-state index in [2.05, 4.69) is 4.90 Å². The number of anilines is 1. The number of aryl methyl sites for hydroxylation is 1. The molecule has 0 atom stereocenters. The summed E-state index contributed by atoms with van der Waals surface area (Å²) in [4.78, 5) is 12.5. The van der Waals surface area contributed by atoms with Crippen LogP contribution in [0.5, 0.6) is 0 Å². The van der Waals surface area contributed by atoms with Crippen LogP contribution in [0.25, 0.3) is 0 Å². The average molecular weight is 312 g/mol. The maximum atomic E-state index is 10.4. The number of nitrogens with zero attached hydrogens (tertiary/aromatic N) is 1. The molecule has 0 radical (unpaired) electrons. The van der Waals surface area contributed by atoms with Gasteiger partial charge in [0.2, 0.25) is 0 Å². The van der Waals surface area contributed by atoms with Crippen molar-refractivity contribution in [2.45, 2.75) is 12.8 Å². The summed E-state index contributed by atoms with van der Waals surface area (Å²) < 4.78 is 0. The zero-order valence-electron chi connectivity index (χ0n) is 11.1. The summed E-state index contributed by atoms with van der Waals surface area (Å²) in [5.41, 5.74) is 2.04. The monoisotopic (exact) mass is 311 g/mol. The molecule has 3 nitrogen and oxygen atoms in total. The normalized spacial score (nSPS) is 9.79. The number of halogens is 2. The number of hydrogen-bond acceptors (Lipinski definition) is 3. The van der Waals surface area contributed by atoms with E-state index in [1.54, 1.807) is 0 Å². The van der Waals surface area contributed by atoms with Gasteiger partial charge in [-0.25, -0.2) is 0 Å². The summed E-state index contributed by atoms with van der Waals surface area (Å²) in [7, 11) is 0. The van der Waals surface area contributed by atoms with Crippen LogP contribution in [-0.2, 0) is 11.2 Å². The third-order valence-corrected chi connectivity index (χ3v) is 2.97. The molecule has 0 saturated heterocycles. The van der Waals surface area contributed by atoms with Crippen LogP contribution in [0, 0.1) is 0 Å². The fraction of sp³-hybridized carbons (Fsp3) is 0.462. The Morgan fingerprint density at radius 2 is 1.63 bits per heavy atom. The van der Waals surface area contributed by atoms with Gasteiger partial charge in [-0.2, -0.15) is 0 Å². The quantitative estimate of drug-likeness (QED) is 0.441. The van der Waals surface area contributed by atoms with Crippen LogP contribution in [0.3, 0.4) is 0 Å². The molecule has 1 aromatic carbocycles. The minimum Gasteiger partial charge on any atom is -0.550 e. The van der Waals surface area contributed by atoms with Gasteiger partial charge in [0.25, 0.3) is 0 Å². The van der Waals surface area contributed by atoms with E-state index in [4.69, 9.17) is 23.2 Å². The van der Waals surface area contributed by atoms with Crippen molar-refractivity contribution in [2.24, 2.45) is 0 Å². The maximum Gasteiger partial charge on any atom is 1.00 e. The van der Waals surface area contributed by atoms with E-state index in [1.165, 1.54) is 0 Å². The van der Waals surface area contributed by atoms with Crippen LogP contribution >= 0.6 is 23.2 Å². The molecule has 0 bridgehead atoms. The SMILES string of the molecule is O=C([O-])CCc1ccc(N(CCCl)CCCl)cc1.[Na+]. The van der Waals surface area contributed by atoms with Crippen LogP contribution in [0.2, 0.25) is 0 Å². The number of carbonyl (C=O) groups excluding carboxylic acids is 1. The second kappa shape index (κ2) is 10.8. The van der Waals surface area contributed by atoms with Gasteiger partial charge in [0.15, 0.2) is 0 Å².